The number of amidine groups is 1. The summed E-state index contributed by atoms with van der Waals surface area (Å²) >= 11 is 0. The first-order chi connectivity index (χ1) is 8.31. The molecule has 2 aliphatic heterocycles. The molecule has 2 fully saturated rings. The van der Waals surface area contributed by atoms with E-state index in [1.54, 1.807) is 0 Å². The second-order valence-corrected chi connectivity index (χ2v) is 5.12. The molecule has 2 saturated heterocycles. The van der Waals surface area contributed by atoms with Crippen molar-refractivity contribution in [1.29, 1.82) is 0 Å². The van der Waals surface area contributed by atoms with Gasteiger partial charge in [-0.05, 0) is 58.3 Å². The molecule has 5 nitrogen and oxygen atoms in total. The van der Waals surface area contributed by atoms with Crippen molar-refractivity contribution >= 4 is 5.84 Å². The van der Waals surface area contributed by atoms with Gasteiger partial charge in [0.2, 0.25) is 0 Å². The van der Waals surface area contributed by atoms with Gasteiger partial charge in [0.15, 0.2) is 5.84 Å². The summed E-state index contributed by atoms with van der Waals surface area (Å²) in [5, 5.41) is 11.9. The lowest BCUT2D eigenvalue weighted by molar-refractivity contribution is 0.254. The van der Waals surface area contributed by atoms with E-state index >= 15 is 0 Å². The summed E-state index contributed by atoms with van der Waals surface area (Å²) in [7, 11) is 0. The molecule has 3 N–H and O–H groups in total. The van der Waals surface area contributed by atoms with Crippen LogP contribution in [0.25, 0.3) is 0 Å². The molecule has 0 spiro atoms. The van der Waals surface area contributed by atoms with Crippen molar-refractivity contribution in [3.63, 3.8) is 0 Å². The zero-order valence-corrected chi connectivity index (χ0v) is 10.5. The molecule has 17 heavy (non-hydrogen) atoms. The van der Waals surface area contributed by atoms with Crippen molar-refractivity contribution in [3.05, 3.63) is 0 Å². The molecule has 2 heterocycles. The van der Waals surface area contributed by atoms with E-state index in [2.05, 4.69) is 15.0 Å². The maximum atomic E-state index is 8.74. The SMILES string of the molecule is NC(=NO)C1CCCN1CCCN1CCCC1. The van der Waals surface area contributed by atoms with E-state index in [9.17, 15) is 0 Å². The molecule has 1 unspecified atom stereocenters. The third-order valence-corrected chi connectivity index (χ3v) is 3.94. The van der Waals surface area contributed by atoms with Gasteiger partial charge in [0.25, 0.3) is 0 Å². The highest BCUT2D eigenvalue weighted by Crippen LogP contribution is 2.18. The first-order valence-electron chi connectivity index (χ1n) is 6.75. The highest BCUT2D eigenvalue weighted by Gasteiger charge is 2.27. The maximum absolute atomic E-state index is 8.74. The van der Waals surface area contributed by atoms with Crippen LogP contribution < -0.4 is 5.73 Å². The minimum absolute atomic E-state index is 0.165. The normalized spacial score (nSPS) is 28.0. The summed E-state index contributed by atoms with van der Waals surface area (Å²) in [4.78, 5) is 4.89. The molecule has 2 rings (SSSR count). The first kappa shape index (κ1) is 12.6. The van der Waals surface area contributed by atoms with Crippen LogP contribution in [-0.2, 0) is 0 Å². The van der Waals surface area contributed by atoms with Crippen LogP contribution >= 0.6 is 0 Å². The van der Waals surface area contributed by atoms with Gasteiger partial charge in [0.1, 0.15) is 0 Å². The third-order valence-electron chi connectivity index (χ3n) is 3.94. The molecular weight excluding hydrogens is 216 g/mol. The molecule has 98 valence electrons. The Labute approximate surface area is 103 Å². The number of oxime groups is 1. The van der Waals surface area contributed by atoms with Gasteiger partial charge in [-0.2, -0.15) is 0 Å². The fraction of sp³-hybridized carbons (Fsp3) is 0.917. The Hall–Kier alpha value is -0.810. The van der Waals surface area contributed by atoms with E-state index in [4.69, 9.17) is 10.9 Å². The van der Waals surface area contributed by atoms with Gasteiger partial charge >= 0.3 is 0 Å². The van der Waals surface area contributed by atoms with Crippen LogP contribution in [0.15, 0.2) is 5.16 Å². The van der Waals surface area contributed by atoms with Gasteiger partial charge in [0, 0.05) is 6.54 Å². The van der Waals surface area contributed by atoms with Crippen molar-refractivity contribution in [1.82, 2.24) is 9.80 Å². The number of hydrogen-bond acceptors (Lipinski definition) is 4. The summed E-state index contributed by atoms with van der Waals surface area (Å²) < 4.78 is 0. The molecule has 0 saturated carbocycles. The van der Waals surface area contributed by atoms with Gasteiger partial charge in [-0.3, -0.25) is 4.90 Å². The summed E-state index contributed by atoms with van der Waals surface area (Å²) in [6.07, 6.45) is 6.09. The first-order valence-corrected chi connectivity index (χ1v) is 6.75. The Balaban J connectivity index is 1.70. The number of rotatable bonds is 5. The molecule has 0 amide bonds. The molecule has 0 radical (unpaired) electrons. The van der Waals surface area contributed by atoms with Crippen LogP contribution in [0.4, 0.5) is 0 Å². The molecule has 5 heteroatoms. The van der Waals surface area contributed by atoms with Crippen molar-refractivity contribution in [3.8, 4) is 0 Å². The Morgan fingerprint density at radius 3 is 2.65 bits per heavy atom. The molecular formula is C12H24N4O. The average molecular weight is 240 g/mol. The predicted molar refractivity (Wildman–Crippen MR) is 68.3 cm³/mol. The molecule has 2 aliphatic rings. The Morgan fingerprint density at radius 2 is 1.94 bits per heavy atom. The van der Waals surface area contributed by atoms with E-state index in [1.165, 1.54) is 38.9 Å². The van der Waals surface area contributed by atoms with Crippen LogP contribution in [-0.4, -0.2) is 59.6 Å². The molecule has 0 bridgehead atoms. The highest BCUT2D eigenvalue weighted by molar-refractivity contribution is 5.85. The van der Waals surface area contributed by atoms with E-state index in [-0.39, 0.29) is 6.04 Å². The summed E-state index contributed by atoms with van der Waals surface area (Å²) in [5.74, 6) is 0.378. The van der Waals surface area contributed by atoms with E-state index < -0.39 is 0 Å². The van der Waals surface area contributed by atoms with Gasteiger partial charge in [0.05, 0.1) is 6.04 Å². The largest absolute Gasteiger partial charge is 0.409 e. The Morgan fingerprint density at radius 1 is 1.18 bits per heavy atom. The topological polar surface area (TPSA) is 65.1 Å². The minimum Gasteiger partial charge on any atom is -0.409 e. The molecule has 1 atom stereocenters. The number of nitrogens with two attached hydrogens (primary N) is 1. The van der Waals surface area contributed by atoms with Gasteiger partial charge < -0.3 is 15.8 Å². The fourth-order valence-electron chi connectivity index (χ4n) is 3.00. The van der Waals surface area contributed by atoms with Crippen LogP contribution in [0.1, 0.15) is 32.1 Å². The second-order valence-electron chi connectivity index (χ2n) is 5.12. The van der Waals surface area contributed by atoms with Crippen molar-refractivity contribution < 1.29 is 5.21 Å². The number of hydrogen-bond donors (Lipinski definition) is 2. The van der Waals surface area contributed by atoms with E-state index in [0.717, 1.165) is 25.9 Å². The molecule has 0 aromatic heterocycles. The summed E-state index contributed by atoms with van der Waals surface area (Å²) in [5.41, 5.74) is 5.71. The van der Waals surface area contributed by atoms with Gasteiger partial charge in [-0.15, -0.1) is 0 Å². The van der Waals surface area contributed by atoms with Crippen molar-refractivity contribution in [2.24, 2.45) is 10.9 Å². The van der Waals surface area contributed by atoms with Crippen LogP contribution in [0.3, 0.4) is 0 Å². The molecule has 0 aliphatic carbocycles. The van der Waals surface area contributed by atoms with Gasteiger partial charge in [-0.25, -0.2) is 0 Å². The summed E-state index contributed by atoms with van der Waals surface area (Å²) in [6.45, 7) is 5.88. The monoisotopic (exact) mass is 240 g/mol. The fourth-order valence-corrected chi connectivity index (χ4v) is 3.00. The number of likely N-dealkylation sites (tertiary alicyclic amines) is 2. The molecule has 0 aromatic rings. The number of nitrogens with zero attached hydrogens (tertiary/aromatic N) is 3. The second kappa shape index (κ2) is 6.21. The lowest BCUT2D eigenvalue weighted by Crippen LogP contribution is -2.41. The van der Waals surface area contributed by atoms with Crippen LogP contribution in [0.5, 0.6) is 0 Å². The zero-order chi connectivity index (χ0) is 12.1. The quantitative estimate of drug-likeness (QED) is 0.321. The molecule has 0 aromatic carbocycles. The average Bonchev–Trinajstić information content (AvgIpc) is 2.99. The predicted octanol–water partition coefficient (Wildman–Crippen LogP) is 0.683. The lowest BCUT2D eigenvalue weighted by Gasteiger charge is -2.24. The Bertz CT molecular complexity index is 263. The minimum atomic E-state index is 0.165. The van der Waals surface area contributed by atoms with E-state index in [0.29, 0.717) is 5.84 Å². The van der Waals surface area contributed by atoms with Crippen molar-refractivity contribution in [2.75, 3.05) is 32.7 Å². The Kier molecular flexibility index (Phi) is 4.62. The van der Waals surface area contributed by atoms with Crippen molar-refractivity contribution in [2.45, 2.75) is 38.1 Å². The third kappa shape index (κ3) is 3.33. The standard InChI is InChI=1S/C12H24N4O/c13-12(14-17)11-5-3-9-16(11)10-4-8-15-6-1-2-7-15/h11,17H,1-10H2,(H2,13,14). The summed E-state index contributed by atoms with van der Waals surface area (Å²) in [6, 6.07) is 0.165. The smallest absolute Gasteiger partial charge is 0.156 e. The van der Waals surface area contributed by atoms with Gasteiger partial charge in [-0.1, -0.05) is 5.16 Å². The highest BCUT2D eigenvalue weighted by atomic mass is 16.4. The zero-order valence-electron chi connectivity index (χ0n) is 10.5. The van der Waals surface area contributed by atoms with Crippen LogP contribution in [0.2, 0.25) is 0 Å². The van der Waals surface area contributed by atoms with Crippen LogP contribution in [0, 0.1) is 0 Å². The maximum Gasteiger partial charge on any atom is 0.156 e. The van der Waals surface area contributed by atoms with E-state index in [1.807, 2.05) is 0 Å². The lowest BCUT2D eigenvalue weighted by atomic mass is 10.2.